The zero-order valence-corrected chi connectivity index (χ0v) is 12.4. The summed E-state index contributed by atoms with van der Waals surface area (Å²) in [6, 6.07) is 9.43. The van der Waals surface area contributed by atoms with Gasteiger partial charge in [0.25, 0.3) is 0 Å². The smallest absolute Gasteiger partial charge is 0.308 e. The minimum absolute atomic E-state index is 0.00579. The fourth-order valence-corrected chi connectivity index (χ4v) is 2.52. The molecule has 1 saturated carbocycles. The van der Waals surface area contributed by atoms with Crippen LogP contribution in [0.3, 0.4) is 0 Å². The molecule has 1 fully saturated rings. The number of anilines is 1. The van der Waals surface area contributed by atoms with Gasteiger partial charge in [-0.3, -0.25) is 14.6 Å². The number of hydrogen-bond acceptors (Lipinski definition) is 3. The molecule has 0 spiro atoms. The average Bonchev–Trinajstić information content (AvgIpc) is 3.36. The third-order valence-corrected chi connectivity index (χ3v) is 3.97. The summed E-state index contributed by atoms with van der Waals surface area (Å²) >= 11 is 0. The fourth-order valence-electron chi connectivity index (χ4n) is 2.52. The number of amides is 1. The molecule has 1 atom stereocenters. The number of benzene rings is 1. The van der Waals surface area contributed by atoms with Crippen molar-refractivity contribution in [3.05, 3.63) is 36.5 Å². The first-order chi connectivity index (χ1) is 10.6. The summed E-state index contributed by atoms with van der Waals surface area (Å²) in [6.45, 7) is 1.79. The van der Waals surface area contributed by atoms with Gasteiger partial charge >= 0.3 is 5.97 Å². The maximum absolute atomic E-state index is 12.6. The molecule has 5 heteroatoms. The Morgan fingerprint density at radius 3 is 2.73 bits per heavy atom. The molecule has 2 aromatic rings. The minimum atomic E-state index is -0.901. The molecular formula is C17H18N2O3. The quantitative estimate of drug-likeness (QED) is 0.921. The van der Waals surface area contributed by atoms with Gasteiger partial charge in [0, 0.05) is 24.0 Å². The Hall–Kier alpha value is -2.43. The molecule has 5 nitrogen and oxygen atoms in total. The summed E-state index contributed by atoms with van der Waals surface area (Å²) < 4.78 is 0. The second-order valence-electron chi connectivity index (χ2n) is 5.81. The summed E-state index contributed by atoms with van der Waals surface area (Å²) in [5.41, 5.74) is 1.43. The van der Waals surface area contributed by atoms with Crippen LogP contribution >= 0.6 is 0 Å². The summed E-state index contributed by atoms with van der Waals surface area (Å²) in [5, 5.41) is 10.1. The van der Waals surface area contributed by atoms with Crippen LogP contribution in [0.25, 0.3) is 10.9 Å². The van der Waals surface area contributed by atoms with E-state index in [1.54, 1.807) is 18.0 Å². The molecule has 1 aromatic heterocycles. The van der Waals surface area contributed by atoms with Gasteiger partial charge < -0.3 is 10.0 Å². The van der Waals surface area contributed by atoms with E-state index in [9.17, 15) is 14.7 Å². The molecule has 114 valence electrons. The van der Waals surface area contributed by atoms with Crippen LogP contribution in [0.15, 0.2) is 36.5 Å². The van der Waals surface area contributed by atoms with E-state index in [4.69, 9.17) is 0 Å². The number of carboxylic acids is 1. The SMILES string of the molecule is CC(CN(C(=O)C1CC1)c1cccc2cccnc12)C(=O)O. The van der Waals surface area contributed by atoms with Gasteiger partial charge in [-0.05, 0) is 25.0 Å². The van der Waals surface area contributed by atoms with Crippen LogP contribution in [0, 0.1) is 11.8 Å². The number of aliphatic carboxylic acids is 1. The van der Waals surface area contributed by atoms with Crippen molar-refractivity contribution in [3.63, 3.8) is 0 Å². The van der Waals surface area contributed by atoms with E-state index in [0.29, 0.717) is 5.69 Å². The number of para-hydroxylation sites is 1. The number of carbonyl (C=O) groups excluding carboxylic acids is 1. The number of carbonyl (C=O) groups is 2. The third-order valence-electron chi connectivity index (χ3n) is 3.97. The number of nitrogens with zero attached hydrogens (tertiary/aromatic N) is 2. The van der Waals surface area contributed by atoms with E-state index >= 15 is 0 Å². The first-order valence-electron chi connectivity index (χ1n) is 7.46. The number of fused-ring (bicyclic) bond motifs is 1. The highest BCUT2D eigenvalue weighted by molar-refractivity contribution is 6.03. The normalized spacial score (nSPS) is 15.5. The van der Waals surface area contributed by atoms with Gasteiger partial charge in [0.2, 0.25) is 5.91 Å². The molecule has 3 rings (SSSR count). The van der Waals surface area contributed by atoms with Gasteiger partial charge in [0.15, 0.2) is 0 Å². The fraction of sp³-hybridized carbons (Fsp3) is 0.353. The zero-order valence-electron chi connectivity index (χ0n) is 12.4. The lowest BCUT2D eigenvalue weighted by Crippen LogP contribution is -2.38. The van der Waals surface area contributed by atoms with Gasteiger partial charge in [-0.25, -0.2) is 0 Å². The second-order valence-corrected chi connectivity index (χ2v) is 5.81. The summed E-state index contributed by atoms with van der Waals surface area (Å²) in [5.74, 6) is -1.49. The van der Waals surface area contributed by atoms with E-state index in [-0.39, 0.29) is 18.4 Å². The van der Waals surface area contributed by atoms with Crippen LogP contribution < -0.4 is 4.90 Å². The lowest BCUT2D eigenvalue weighted by molar-refractivity contribution is -0.140. The topological polar surface area (TPSA) is 70.5 Å². The number of rotatable bonds is 5. The van der Waals surface area contributed by atoms with Gasteiger partial charge in [-0.1, -0.05) is 25.1 Å². The van der Waals surface area contributed by atoms with Crippen molar-refractivity contribution in [2.75, 3.05) is 11.4 Å². The molecule has 22 heavy (non-hydrogen) atoms. The number of aromatic nitrogens is 1. The summed E-state index contributed by atoms with van der Waals surface area (Å²) in [6.07, 6.45) is 3.45. The molecule has 1 N–H and O–H groups in total. The van der Waals surface area contributed by atoms with Gasteiger partial charge in [-0.2, -0.15) is 0 Å². The Kier molecular flexibility index (Phi) is 3.79. The number of carboxylic acid groups (broad SMARTS) is 1. The van der Waals surface area contributed by atoms with Crippen LogP contribution in [0.1, 0.15) is 19.8 Å². The first-order valence-corrected chi connectivity index (χ1v) is 7.46. The Morgan fingerprint density at radius 2 is 2.05 bits per heavy atom. The molecule has 0 bridgehead atoms. The molecule has 1 amide bonds. The Balaban J connectivity index is 2.03. The average molecular weight is 298 g/mol. The van der Waals surface area contributed by atoms with E-state index in [1.165, 1.54) is 0 Å². The first kappa shape index (κ1) is 14.5. The Morgan fingerprint density at radius 1 is 1.32 bits per heavy atom. The maximum Gasteiger partial charge on any atom is 0.308 e. The van der Waals surface area contributed by atoms with Crippen molar-refractivity contribution in [2.45, 2.75) is 19.8 Å². The summed E-state index contributed by atoms with van der Waals surface area (Å²) in [7, 11) is 0. The highest BCUT2D eigenvalue weighted by Crippen LogP contribution is 2.35. The Bertz CT molecular complexity index is 719. The second kappa shape index (κ2) is 5.75. The molecule has 1 aliphatic carbocycles. The minimum Gasteiger partial charge on any atom is -0.481 e. The van der Waals surface area contributed by atoms with Crippen molar-refractivity contribution < 1.29 is 14.7 Å². The zero-order chi connectivity index (χ0) is 15.7. The molecule has 0 aliphatic heterocycles. The molecule has 0 saturated heterocycles. The monoisotopic (exact) mass is 298 g/mol. The van der Waals surface area contributed by atoms with E-state index in [0.717, 1.165) is 23.7 Å². The molecule has 0 radical (unpaired) electrons. The highest BCUT2D eigenvalue weighted by atomic mass is 16.4. The van der Waals surface area contributed by atoms with Crippen molar-refractivity contribution in [1.29, 1.82) is 0 Å². The summed E-state index contributed by atoms with van der Waals surface area (Å²) in [4.78, 5) is 29.8. The van der Waals surface area contributed by atoms with Crippen molar-refractivity contribution in [3.8, 4) is 0 Å². The standard InChI is InChI=1S/C17H18N2O3/c1-11(17(21)22)10-19(16(20)13-7-8-13)14-6-2-4-12-5-3-9-18-15(12)14/h2-6,9,11,13H,7-8,10H2,1H3,(H,21,22). The van der Waals surface area contributed by atoms with Crippen molar-refractivity contribution in [2.24, 2.45) is 11.8 Å². The molecule has 1 heterocycles. The number of hydrogen-bond donors (Lipinski definition) is 1. The van der Waals surface area contributed by atoms with E-state index < -0.39 is 11.9 Å². The molecule has 1 aromatic carbocycles. The highest BCUT2D eigenvalue weighted by Gasteiger charge is 2.35. The van der Waals surface area contributed by atoms with Crippen molar-refractivity contribution in [1.82, 2.24) is 4.98 Å². The van der Waals surface area contributed by atoms with Crippen LogP contribution in [0.5, 0.6) is 0 Å². The van der Waals surface area contributed by atoms with Crippen LogP contribution in [0.4, 0.5) is 5.69 Å². The largest absolute Gasteiger partial charge is 0.481 e. The molecular weight excluding hydrogens is 280 g/mol. The van der Waals surface area contributed by atoms with Gasteiger partial charge in [0.05, 0.1) is 17.1 Å². The van der Waals surface area contributed by atoms with Crippen LogP contribution in [-0.4, -0.2) is 28.5 Å². The van der Waals surface area contributed by atoms with Gasteiger partial charge in [-0.15, -0.1) is 0 Å². The lowest BCUT2D eigenvalue weighted by Gasteiger charge is -2.25. The van der Waals surface area contributed by atoms with E-state index in [2.05, 4.69) is 4.98 Å². The lowest BCUT2D eigenvalue weighted by atomic mass is 10.1. The molecule has 1 unspecified atom stereocenters. The Labute approximate surface area is 128 Å². The predicted molar refractivity (Wildman–Crippen MR) is 83.6 cm³/mol. The van der Waals surface area contributed by atoms with Crippen LogP contribution in [-0.2, 0) is 9.59 Å². The number of pyridine rings is 1. The van der Waals surface area contributed by atoms with Gasteiger partial charge in [0.1, 0.15) is 0 Å². The third kappa shape index (κ3) is 2.79. The maximum atomic E-state index is 12.6. The van der Waals surface area contributed by atoms with Crippen molar-refractivity contribution >= 4 is 28.5 Å². The molecule has 1 aliphatic rings. The van der Waals surface area contributed by atoms with E-state index in [1.807, 2.05) is 30.3 Å². The van der Waals surface area contributed by atoms with Crippen LogP contribution in [0.2, 0.25) is 0 Å². The predicted octanol–water partition coefficient (Wildman–Crippen LogP) is 2.70.